The van der Waals surface area contributed by atoms with Crippen LogP contribution in [0.3, 0.4) is 0 Å². The molecule has 0 radical (unpaired) electrons. The lowest BCUT2D eigenvalue weighted by Gasteiger charge is -2.08. The first-order chi connectivity index (χ1) is 13.6. The molecule has 2 aromatic heterocycles. The summed E-state index contributed by atoms with van der Waals surface area (Å²) in [5.41, 5.74) is 2.75. The molecule has 0 atom stereocenters. The van der Waals surface area contributed by atoms with Gasteiger partial charge in [-0.2, -0.15) is 0 Å². The maximum atomic E-state index is 12.5. The second kappa shape index (κ2) is 7.48. The molecule has 0 aliphatic rings. The van der Waals surface area contributed by atoms with Crippen molar-refractivity contribution in [3.8, 4) is 0 Å². The Balaban J connectivity index is 1.49. The van der Waals surface area contributed by atoms with Crippen LogP contribution in [0.1, 0.15) is 27.2 Å². The number of hydrogen-bond acceptors (Lipinski definition) is 5. The van der Waals surface area contributed by atoms with E-state index in [0.717, 1.165) is 11.3 Å². The van der Waals surface area contributed by atoms with Gasteiger partial charge in [-0.05, 0) is 24.6 Å². The highest BCUT2D eigenvalue weighted by atomic mass is 16.4. The molecule has 0 unspecified atom stereocenters. The van der Waals surface area contributed by atoms with Crippen LogP contribution < -0.4 is 10.9 Å². The molecular weight excluding hydrogens is 356 g/mol. The van der Waals surface area contributed by atoms with Crippen LogP contribution >= 0.6 is 0 Å². The fraction of sp³-hybridized carbons (Fsp3) is 0.143. The molecule has 4 aromatic rings. The van der Waals surface area contributed by atoms with Gasteiger partial charge < -0.3 is 9.73 Å². The largest absolute Gasteiger partial charge is 0.422 e. The Hall–Kier alpha value is -3.74. The van der Waals surface area contributed by atoms with Crippen LogP contribution in [0.2, 0.25) is 0 Å². The Bertz CT molecular complexity index is 1190. The SMILES string of the molecule is Cc1ccc(Cn2nncc2CNC(=O)c2cc3ccccc3oc2=O)cc1. The van der Waals surface area contributed by atoms with E-state index < -0.39 is 11.5 Å². The fourth-order valence-electron chi connectivity index (χ4n) is 2.90. The molecule has 0 spiro atoms. The summed E-state index contributed by atoms with van der Waals surface area (Å²) in [7, 11) is 0. The molecule has 28 heavy (non-hydrogen) atoms. The lowest BCUT2D eigenvalue weighted by molar-refractivity contribution is 0.0946. The van der Waals surface area contributed by atoms with Gasteiger partial charge in [-0.3, -0.25) is 4.79 Å². The van der Waals surface area contributed by atoms with Crippen molar-refractivity contribution < 1.29 is 9.21 Å². The Kier molecular flexibility index (Phi) is 4.72. The number of amides is 1. The summed E-state index contributed by atoms with van der Waals surface area (Å²) in [5, 5.41) is 11.4. The topological polar surface area (TPSA) is 90.0 Å². The van der Waals surface area contributed by atoms with Gasteiger partial charge in [-0.25, -0.2) is 9.48 Å². The molecular formula is C21H18N4O3. The van der Waals surface area contributed by atoms with Crippen molar-refractivity contribution in [2.75, 3.05) is 0 Å². The highest BCUT2D eigenvalue weighted by Crippen LogP contribution is 2.13. The van der Waals surface area contributed by atoms with Crippen molar-refractivity contribution in [3.05, 3.63) is 93.6 Å². The average molecular weight is 374 g/mol. The van der Waals surface area contributed by atoms with E-state index in [4.69, 9.17) is 4.42 Å². The first kappa shape index (κ1) is 17.7. The lowest BCUT2D eigenvalue weighted by Crippen LogP contribution is -2.28. The second-order valence-electron chi connectivity index (χ2n) is 6.54. The van der Waals surface area contributed by atoms with E-state index in [9.17, 15) is 9.59 Å². The normalized spacial score (nSPS) is 10.9. The van der Waals surface area contributed by atoms with Gasteiger partial charge in [0.25, 0.3) is 5.91 Å². The van der Waals surface area contributed by atoms with Crippen LogP contribution in [0, 0.1) is 6.92 Å². The van der Waals surface area contributed by atoms with Crippen LogP contribution in [0.5, 0.6) is 0 Å². The Morgan fingerprint density at radius 2 is 1.93 bits per heavy atom. The highest BCUT2D eigenvalue weighted by molar-refractivity contribution is 5.96. The summed E-state index contributed by atoms with van der Waals surface area (Å²) in [4.78, 5) is 24.6. The first-order valence-corrected chi connectivity index (χ1v) is 8.84. The average Bonchev–Trinajstić information content (AvgIpc) is 3.14. The van der Waals surface area contributed by atoms with Crippen molar-refractivity contribution in [2.45, 2.75) is 20.0 Å². The van der Waals surface area contributed by atoms with Crippen molar-refractivity contribution in [3.63, 3.8) is 0 Å². The monoisotopic (exact) mass is 374 g/mol. The van der Waals surface area contributed by atoms with E-state index in [2.05, 4.69) is 15.6 Å². The number of carbonyl (C=O) groups is 1. The second-order valence-corrected chi connectivity index (χ2v) is 6.54. The predicted molar refractivity (Wildman–Crippen MR) is 104 cm³/mol. The maximum absolute atomic E-state index is 12.5. The summed E-state index contributed by atoms with van der Waals surface area (Å²) in [6.45, 7) is 2.77. The molecule has 0 saturated carbocycles. The number of hydrogen-bond donors (Lipinski definition) is 1. The van der Waals surface area contributed by atoms with E-state index in [0.29, 0.717) is 17.5 Å². The quantitative estimate of drug-likeness (QED) is 0.543. The van der Waals surface area contributed by atoms with E-state index in [1.807, 2.05) is 37.3 Å². The molecule has 0 aliphatic carbocycles. The third kappa shape index (κ3) is 3.68. The van der Waals surface area contributed by atoms with Gasteiger partial charge in [0.15, 0.2) is 0 Å². The van der Waals surface area contributed by atoms with Crippen LogP contribution in [0.15, 0.2) is 70.0 Å². The van der Waals surface area contributed by atoms with Gasteiger partial charge in [0, 0.05) is 5.39 Å². The fourth-order valence-corrected chi connectivity index (χ4v) is 2.90. The van der Waals surface area contributed by atoms with Crippen LogP contribution in [-0.4, -0.2) is 20.9 Å². The number of carbonyl (C=O) groups excluding carboxylic acids is 1. The van der Waals surface area contributed by atoms with Crippen molar-refractivity contribution in [1.82, 2.24) is 20.3 Å². The van der Waals surface area contributed by atoms with Crippen molar-refractivity contribution in [2.24, 2.45) is 0 Å². The molecule has 2 heterocycles. The minimum Gasteiger partial charge on any atom is -0.422 e. The van der Waals surface area contributed by atoms with E-state index >= 15 is 0 Å². The number of nitrogens with one attached hydrogen (secondary N) is 1. The highest BCUT2D eigenvalue weighted by Gasteiger charge is 2.14. The van der Waals surface area contributed by atoms with Gasteiger partial charge in [0.1, 0.15) is 11.1 Å². The minimum absolute atomic E-state index is 0.0312. The van der Waals surface area contributed by atoms with Gasteiger partial charge in [0.2, 0.25) is 0 Å². The molecule has 4 rings (SSSR count). The summed E-state index contributed by atoms with van der Waals surface area (Å²) >= 11 is 0. The predicted octanol–water partition coefficient (Wildman–Crippen LogP) is 2.67. The summed E-state index contributed by atoms with van der Waals surface area (Å²) in [5.74, 6) is -0.498. The smallest absolute Gasteiger partial charge is 0.349 e. The van der Waals surface area contributed by atoms with E-state index in [1.165, 1.54) is 5.56 Å². The first-order valence-electron chi connectivity index (χ1n) is 8.84. The number of benzene rings is 2. The zero-order valence-electron chi connectivity index (χ0n) is 15.3. The standard InChI is InChI=1S/C21H18N4O3/c1-14-6-8-15(9-7-14)13-25-17(12-23-24-25)11-22-20(26)18-10-16-4-2-3-5-19(16)28-21(18)27/h2-10,12H,11,13H2,1H3,(H,22,26). The molecule has 0 saturated heterocycles. The van der Waals surface area contributed by atoms with Gasteiger partial charge >= 0.3 is 5.63 Å². The zero-order valence-corrected chi connectivity index (χ0v) is 15.3. The summed E-state index contributed by atoms with van der Waals surface area (Å²) in [6, 6.07) is 16.7. The molecule has 7 heteroatoms. The van der Waals surface area contributed by atoms with Crippen molar-refractivity contribution in [1.29, 1.82) is 0 Å². The number of aryl methyl sites for hydroxylation is 1. The van der Waals surface area contributed by atoms with E-state index in [-0.39, 0.29) is 12.1 Å². The number of para-hydroxylation sites is 1. The molecule has 140 valence electrons. The number of fused-ring (bicyclic) bond motifs is 1. The molecule has 2 aromatic carbocycles. The van der Waals surface area contributed by atoms with Crippen LogP contribution in [0.25, 0.3) is 11.0 Å². The van der Waals surface area contributed by atoms with Crippen molar-refractivity contribution >= 4 is 16.9 Å². The number of rotatable bonds is 5. The Morgan fingerprint density at radius 3 is 2.75 bits per heavy atom. The maximum Gasteiger partial charge on any atom is 0.349 e. The molecule has 0 aliphatic heterocycles. The lowest BCUT2D eigenvalue weighted by atomic mass is 10.1. The Labute approximate surface area is 160 Å². The van der Waals surface area contributed by atoms with Gasteiger partial charge in [-0.15, -0.1) is 5.10 Å². The molecule has 0 bridgehead atoms. The van der Waals surface area contributed by atoms with Crippen LogP contribution in [-0.2, 0) is 13.1 Å². The van der Waals surface area contributed by atoms with Gasteiger partial charge in [0.05, 0.1) is 25.0 Å². The number of nitrogens with zero attached hydrogens (tertiary/aromatic N) is 3. The summed E-state index contributed by atoms with van der Waals surface area (Å²) in [6.07, 6.45) is 1.59. The van der Waals surface area contributed by atoms with Crippen LogP contribution in [0.4, 0.5) is 0 Å². The molecule has 0 fully saturated rings. The molecule has 1 N–H and O–H groups in total. The van der Waals surface area contributed by atoms with E-state index in [1.54, 1.807) is 35.1 Å². The third-order valence-electron chi connectivity index (χ3n) is 4.47. The minimum atomic E-state index is -0.664. The third-order valence-corrected chi connectivity index (χ3v) is 4.47. The molecule has 7 nitrogen and oxygen atoms in total. The summed E-state index contributed by atoms with van der Waals surface area (Å²) < 4.78 is 6.93. The molecule has 1 amide bonds. The number of aromatic nitrogens is 3. The van der Waals surface area contributed by atoms with Gasteiger partial charge in [-0.1, -0.05) is 53.2 Å². The zero-order chi connectivity index (χ0) is 19.5. The Morgan fingerprint density at radius 1 is 1.14 bits per heavy atom.